The molecule has 0 spiro atoms. The summed E-state index contributed by atoms with van der Waals surface area (Å²) in [6.45, 7) is 6.17. The number of carbonyl (C=O) groups excluding carboxylic acids is 1. The van der Waals surface area contributed by atoms with E-state index in [1.807, 2.05) is 30.8 Å². The molecular formula is C11H20N4O. The van der Waals surface area contributed by atoms with Crippen molar-refractivity contribution in [2.75, 3.05) is 13.1 Å². The summed E-state index contributed by atoms with van der Waals surface area (Å²) in [5.41, 5.74) is 0. The molecule has 16 heavy (non-hydrogen) atoms. The predicted molar refractivity (Wildman–Crippen MR) is 63.0 cm³/mol. The van der Waals surface area contributed by atoms with Crippen LogP contribution in [-0.2, 0) is 11.3 Å². The molecule has 1 aromatic rings. The van der Waals surface area contributed by atoms with Crippen molar-refractivity contribution in [1.29, 1.82) is 0 Å². The molecule has 5 heteroatoms. The van der Waals surface area contributed by atoms with Crippen LogP contribution in [0.5, 0.6) is 0 Å². The van der Waals surface area contributed by atoms with Crippen molar-refractivity contribution >= 4 is 5.91 Å². The van der Waals surface area contributed by atoms with Crippen molar-refractivity contribution in [3.8, 4) is 0 Å². The quantitative estimate of drug-likeness (QED) is 0.659. The third kappa shape index (κ3) is 4.44. The van der Waals surface area contributed by atoms with Gasteiger partial charge in [-0.1, -0.05) is 0 Å². The number of aryl methyl sites for hydroxylation is 1. The molecule has 0 bridgehead atoms. The van der Waals surface area contributed by atoms with Gasteiger partial charge in [0, 0.05) is 25.5 Å². The number of hydrogen-bond acceptors (Lipinski definition) is 3. The zero-order valence-electron chi connectivity index (χ0n) is 9.94. The Kier molecular flexibility index (Phi) is 5.56. The summed E-state index contributed by atoms with van der Waals surface area (Å²) in [6, 6.07) is 1.78. The fraction of sp³-hybridized carbons (Fsp3) is 0.636. The van der Waals surface area contributed by atoms with E-state index in [1.54, 1.807) is 6.20 Å². The first-order valence-electron chi connectivity index (χ1n) is 5.72. The second kappa shape index (κ2) is 7.00. The minimum absolute atomic E-state index is 0.0570. The third-order valence-corrected chi connectivity index (χ3v) is 2.32. The van der Waals surface area contributed by atoms with Crippen molar-refractivity contribution in [2.45, 2.75) is 32.9 Å². The van der Waals surface area contributed by atoms with Crippen molar-refractivity contribution in [1.82, 2.24) is 20.4 Å². The summed E-state index contributed by atoms with van der Waals surface area (Å²) in [4.78, 5) is 11.4. The third-order valence-electron chi connectivity index (χ3n) is 2.32. The highest BCUT2D eigenvalue weighted by Crippen LogP contribution is 1.89. The Morgan fingerprint density at radius 1 is 1.56 bits per heavy atom. The Labute approximate surface area is 96.2 Å². The lowest BCUT2D eigenvalue weighted by Gasteiger charge is -2.12. The van der Waals surface area contributed by atoms with Gasteiger partial charge in [-0.3, -0.25) is 9.48 Å². The van der Waals surface area contributed by atoms with Gasteiger partial charge < -0.3 is 10.6 Å². The number of aromatic nitrogens is 2. The average molecular weight is 224 g/mol. The second-order valence-corrected chi connectivity index (χ2v) is 3.69. The summed E-state index contributed by atoms with van der Waals surface area (Å²) >= 11 is 0. The zero-order valence-corrected chi connectivity index (χ0v) is 9.94. The molecule has 1 heterocycles. The first kappa shape index (κ1) is 12.7. The van der Waals surface area contributed by atoms with Gasteiger partial charge in [-0.2, -0.15) is 5.10 Å². The number of rotatable bonds is 7. The molecule has 1 aromatic heterocycles. The monoisotopic (exact) mass is 224 g/mol. The normalized spacial score (nSPS) is 12.4. The molecule has 0 saturated carbocycles. The molecule has 1 unspecified atom stereocenters. The largest absolute Gasteiger partial charge is 0.355 e. The minimum atomic E-state index is -0.127. The number of nitrogens with one attached hydrogen (secondary N) is 2. The standard InChI is InChI=1S/C11H20N4O/c1-3-12-11(16)10(2)13-6-4-8-15-9-5-7-14-15/h5,7,9-10,13H,3-4,6,8H2,1-2H3,(H,12,16). The number of hydrogen-bond donors (Lipinski definition) is 2. The van der Waals surface area contributed by atoms with E-state index in [0.29, 0.717) is 6.54 Å². The molecule has 2 N–H and O–H groups in total. The van der Waals surface area contributed by atoms with Crippen LogP contribution in [0.2, 0.25) is 0 Å². The fourth-order valence-corrected chi connectivity index (χ4v) is 1.41. The van der Waals surface area contributed by atoms with Gasteiger partial charge in [-0.05, 0) is 32.9 Å². The van der Waals surface area contributed by atoms with Crippen LogP contribution in [0, 0.1) is 0 Å². The molecule has 0 aliphatic carbocycles. The molecule has 1 amide bonds. The van der Waals surface area contributed by atoms with E-state index in [2.05, 4.69) is 15.7 Å². The maximum absolute atomic E-state index is 11.4. The van der Waals surface area contributed by atoms with Crippen LogP contribution in [0.4, 0.5) is 0 Å². The first-order chi connectivity index (χ1) is 7.74. The minimum Gasteiger partial charge on any atom is -0.355 e. The van der Waals surface area contributed by atoms with Crippen LogP contribution in [0.25, 0.3) is 0 Å². The van der Waals surface area contributed by atoms with E-state index in [0.717, 1.165) is 19.5 Å². The summed E-state index contributed by atoms with van der Waals surface area (Å²) < 4.78 is 1.89. The highest BCUT2D eigenvalue weighted by molar-refractivity contribution is 5.81. The first-order valence-corrected chi connectivity index (χ1v) is 5.72. The van der Waals surface area contributed by atoms with Crippen molar-refractivity contribution in [2.24, 2.45) is 0 Å². The Hall–Kier alpha value is -1.36. The van der Waals surface area contributed by atoms with E-state index in [9.17, 15) is 4.79 Å². The van der Waals surface area contributed by atoms with E-state index in [4.69, 9.17) is 0 Å². The van der Waals surface area contributed by atoms with Gasteiger partial charge in [-0.25, -0.2) is 0 Å². The van der Waals surface area contributed by atoms with Crippen LogP contribution >= 0.6 is 0 Å². The molecule has 0 aliphatic rings. The second-order valence-electron chi connectivity index (χ2n) is 3.69. The Balaban J connectivity index is 2.08. The van der Waals surface area contributed by atoms with Gasteiger partial charge >= 0.3 is 0 Å². The lowest BCUT2D eigenvalue weighted by Crippen LogP contribution is -2.42. The molecule has 0 aliphatic heterocycles. The van der Waals surface area contributed by atoms with E-state index >= 15 is 0 Å². The maximum Gasteiger partial charge on any atom is 0.236 e. The number of nitrogens with zero attached hydrogens (tertiary/aromatic N) is 2. The highest BCUT2D eigenvalue weighted by Gasteiger charge is 2.09. The van der Waals surface area contributed by atoms with E-state index in [1.165, 1.54) is 0 Å². The van der Waals surface area contributed by atoms with Crippen LogP contribution in [0.3, 0.4) is 0 Å². The van der Waals surface area contributed by atoms with Crippen LogP contribution in [-0.4, -0.2) is 34.8 Å². The van der Waals surface area contributed by atoms with Gasteiger partial charge in [0.25, 0.3) is 0 Å². The lowest BCUT2D eigenvalue weighted by atomic mass is 10.3. The van der Waals surface area contributed by atoms with Crippen molar-refractivity contribution in [3.63, 3.8) is 0 Å². The van der Waals surface area contributed by atoms with Crippen LogP contribution in [0.15, 0.2) is 18.5 Å². The number of likely N-dealkylation sites (N-methyl/N-ethyl adjacent to an activating group) is 1. The summed E-state index contributed by atoms with van der Waals surface area (Å²) in [7, 11) is 0. The molecule has 0 radical (unpaired) electrons. The lowest BCUT2D eigenvalue weighted by molar-refractivity contribution is -0.122. The molecule has 5 nitrogen and oxygen atoms in total. The van der Waals surface area contributed by atoms with E-state index in [-0.39, 0.29) is 11.9 Å². The molecule has 90 valence electrons. The summed E-state index contributed by atoms with van der Waals surface area (Å²) in [5.74, 6) is 0.0570. The van der Waals surface area contributed by atoms with Gasteiger partial charge in [0.1, 0.15) is 0 Å². The van der Waals surface area contributed by atoms with E-state index < -0.39 is 0 Å². The van der Waals surface area contributed by atoms with Crippen LogP contribution < -0.4 is 10.6 Å². The fourth-order valence-electron chi connectivity index (χ4n) is 1.41. The molecular weight excluding hydrogens is 204 g/mol. The maximum atomic E-state index is 11.4. The molecule has 1 atom stereocenters. The summed E-state index contributed by atoms with van der Waals surface area (Å²) in [5, 5.41) is 10.1. The topological polar surface area (TPSA) is 59.0 Å². The van der Waals surface area contributed by atoms with Crippen molar-refractivity contribution < 1.29 is 4.79 Å². The number of carbonyl (C=O) groups is 1. The zero-order chi connectivity index (χ0) is 11.8. The van der Waals surface area contributed by atoms with Gasteiger partial charge in [-0.15, -0.1) is 0 Å². The summed E-state index contributed by atoms with van der Waals surface area (Å²) in [6.07, 6.45) is 4.67. The molecule has 1 rings (SSSR count). The highest BCUT2D eigenvalue weighted by atomic mass is 16.2. The van der Waals surface area contributed by atoms with Gasteiger partial charge in [0.15, 0.2) is 0 Å². The Bertz CT molecular complexity index is 297. The molecule has 0 fully saturated rings. The number of amides is 1. The SMILES string of the molecule is CCNC(=O)C(C)NCCCn1cccn1. The smallest absolute Gasteiger partial charge is 0.236 e. The molecule has 0 saturated heterocycles. The average Bonchev–Trinajstić information content (AvgIpc) is 2.77. The van der Waals surface area contributed by atoms with Gasteiger partial charge in [0.2, 0.25) is 5.91 Å². The predicted octanol–water partition coefficient (Wildman–Crippen LogP) is 0.387. The Morgan fingerprint density at radius 2 is 2.38 bits per heavy atom. The van der Waals surface area contributed by atoms with Crippen molar-refractivity contribution in [3.05, 3.63) is 18.5 Å². The van der Waals surface area contributed by atoms with Crippen LogP contribution in [0.1, 0.15) is 20.3 Å². The molecule has 0 aromatic carbocycles. The van der Waals surface area contributed by atoms with Gasteiger partial charge in [0.05, 0.1) is 6.04 Å². The Morgan fingerprint density at radius 3 is 3.00 bits per heavy atom.